The number of aliphatic hydroxyl groups excluding tert-OH is 1. The van der Waals surface area contributed by atoms with E-state index in [1.54, 1.807) is 6.20 Å². The van der Waals surface area contributed by atoms with Gasteiger partial charge in [0, 0.05) is 42.8 Å². The van der Waals surface area contributed by atoms with Gasteiger partial charge in [-0.3, -0.25) is 9.80 Å². The zero-order valence-corrected chi connectivity index (χ0v) is 14.7. The van der Waals surface area contributed by atoms with Gasteiger partial charge >= 0.3 is 0 Å². The van der Waals surface area contributed by atoms with Crippen molar-refractivity contribution in [2.45, 2.75) is 25.9 Å². The second-order valence-electron chi connectivity index (χ2n) is 6.19. The lowest BCUT2D eigenvalue weighted by molar-refractivity contribution is 0.0577. The number of nitrogens with zero attached hydrogens (tertiary/aromatic N) is 3. The molecule has 0 saturated carbocycles. The quantitative estimate of drug-likeness (QED) is 0.869. The van der Waals surface area contributed by atoms with Crippen LogP contribution < -0.4 is 0 Å². The molecule has 0 bridgehead atoms. The molecule has 1 unspecified atom stereocenters. The van der Waals surface area contributed by atoms with Crippen molar-refractivity contribution in [2.75, 3.05) is 32.8 Å². The van der Waals surface area contributed by atoms with E-state index in [1.807, 2.05) is 24.3 Å². The Hall–Kier alpha value is -1.40. The zero-order chi connectivity index (χ0) is 16.9. The van der Waals surface area contributed by atoms with Crippen LogP contribution in [0.2, 0.25) is 5.02 Å². The standard InChI is InChI=1S/C18H24ClN3O2/c1-2-16(13-23)22-8-6-21(7-9-22)12-18-20-11-17(24-18)14-4-3-5-15(19)10-14/h3-5,10-11,16,23H,2,6-9,12-13H2,1H3. The van der Waals surface area contributed by atoms with Crippen LogP contribution in [0.4, 0.5) is 0 Å². The number of halogens is 1. The lowest BCUT2D eigenvalue weighted by atomic mass is 10.1. The fourth-order valence-corrected chi connectivity index (χ4v) is 3.33. The Kier molecular flexibility index (Phi) is 5.89. The first-order valence-corrected chi connectivity index (χ1v) is 8.85. The molecule has 0 amide bonds. The largest absolute Gasteiger partial charge is 0.439 e. The summed E-state index contributed by atoms with van der Waals surface area (Å²) in [7, 11) is 0. The third kappa shape index (κ3) is 4.16. The molecular weight excluding hydrogens is 326 g/mol. The third-order valence-corrected chi connectivity index (χ3v) is 4.86. The minimum atomic E-state index is 0.235. The molecule has 1 aliphatic rings. The van der Waals surface area contributed by atoms with Gasteiger partial charge in [0.2, 0.25) is 5.89 Å². The number of benzene rings is 1. The Balaban J connectivity index is 1.56. The molecule has 2 aromatic rings. The highest BCUT2D eigenvalue weighted by atomic mass is 35.5. The Morgan fingerprint density at radius 1 is 1.29 bits per heavy atom. The monoisotopic (exact) mass is 349 g/mol. The molecule has 1 aliphatic heterocycles. The molecule has 1 aromatic carbocycles. The molecule has 0 radical (unpaired) electrons. The molecular formula is C18H24ClN3O2. The number of hydrogen-bond donors (Lipinski definition) is 1. The van der Waals surface area contributed by atoms with E-state index in [9.17, 15) is 5.11 Å². The van der Waals surface area contributed by atoms with E-state index in [-0.39, 0.29) is 12.6 Å². The Morgan fingerprint density at radius 2 is 2.08 bits per heavy atom. The van der Waals surface area contributed by atoms with Crippen LogP contribution in [0, 0.1) is 0 Å². The summed E-state index contributed by atoms with van der Waals surface area (Å²) in [4.78, 5) is 9.10. The van der Waals surface area contributed by atoms with Crippen molar-refractivity contribution in [3.63, 3.8) is 0 Å². The summed E-state index contributed by atoms with van der Waals surface area (Å²) in [5, 5.41) is 10.1. The van der Waals surface area contributed by atoms with E-state index >= 15 is 0 Å². The van der Waals surface area contributed by atoms with Crippen molar-refractivity contribution < 1.29 is 9.52 Å². The van der Waals surface area contributed by atoms with Crippen LogP contribution in [-0.2, 0) is 6.54 Å². The topological polar surface area (TPSA) is 52.7 Å². The highest BCUT2D eigenvalue weighted by molar-refractivity contribution is 6.30. The van der Waals surface area contributed by atoms with Gasteiger partial charge in [0.05, 0.1) is 19.3 Å². The zero-order valence-electron chi connectivity index (χ0n) is 14.0. The smallest absolute Gasteiger partial charge is 0.209 e. The summed E-state index contributed by atoms with van der Waals surface area (Å²) < 4.78 is 5.88. The highest BCUT2D eigenvalue weighted by Crippen LogP contribution is 2.24. The molecule has 24 heavy (non-hydrogen) atoms. The maximum absolute atomic E-state index is 9.42. The maximum Gasteiger partial charge on any atom is 0.209 e. The highest BCUT2D eigenvalue weighted by Gasteiger charge is 2.23. The van der Waals surface area contributed by atoms with Crippen molar-refractivity contribution in [1.29, 1.82) is 0 Å². The maximum atomic E-state index is 9.42. The van der Waals surface area contributed by atoms with Gasteiger partial charge in [0.1, 0.15) is 0 Å². The molecule has 5 nitrogen and oxygen atoms in total. The predicted molar refractivity (Wildman–Crippen MR) is 95.0 cm³/mol. The fraction of sp³-hybridized carbons (Fsp3) is 0.500. The molecule has 2 heterocycles. The molecule has 3 rings (SSSR count). The molecule has 130 valence electrons. The number of aliphatic hydroxyl groups is 1. The van der Waals surface area contributed by atoms with Crippen molar-refractivity contribution in [3.8, 4) is 11.3 Å². The van der Waals surface area contributed by atoms with Gasteiger partial charge in [-0.25, -0.2) is 4.98 Å². The molecule has 1 aromatic heterocycles. The average Bonchev–Trinajstić information content (AvgIpc) is 3.06. The van der Waals surface area contributed by atoms with Crippen LogP contribution in [0.3, 0.4) is 0 Å². The summed E-state index contributed by atoms with van der Waals surface area (Å²) >= 11 is 6.03. The van der Waals surface area contributed by atoms with Crippen molar-refractivity contribution in [2.24, 2.45) is 0 Å². The van der Waals surface area contributed by atoms with E-state index in [2.05, 4.69) is 21.7 Å². The molecule has 1 fully saturated rings. The first kappa shape index (κ1) is 17.4. The van der Waals surface area contributed by atoms with E-state index in [0.29, 0.717) is 11.6 Å². The Morgan fingerprint density at radius 3 is 2.75 bits per heavy atom. The van der Waals surface area contributed by atoms with Crippen molar-refractivity contribution in [1.82, 2.24) is 14.8 Å². The summed E-state index contributed by atoms with van der Waals surface area (Å²) in [6.07, 6.45) is 2.75. The normalized spacial score (nSPS) is 18.0. The number of piperazine rings is 1. The van der Waals surface area contributed by atoms with E-state index in [4.69, 9.17) is 16.0 Å². The molecule has 1 saturated heterocycles. The van der Waals surface area contributed by atoms with Crippen molar-refractivity contribution in [3.05, 3.63) is 41.4 Å². The molecule has 0 aliphatic carbocycles. The molecule has 1 N–H and O–H groups in total. The second kappa shape index (κ2) is 8.12. The van der Waals surface area contributed by atoms with Gasteiger partial charge in [0.15, 0.2) is 5.76 Å². The van der Waals surface area contributed by atoms with E-state index in [0.717, 1.165) is 49.8 Å². The fourth-order valence-electron chi connectivity index (χ4n) is 3.14. The third-order valence-electron chi connectivity index (χ3n) is 4.63. The summed E-state index contributed by atoms with van der Waals surface area (Å²) in [6, 6.07) is 7.88. The Labute approximate surface area is 147 Å². The molecule has 0 spiro atoms. The van der Waals surface area contributed by atoms with Crippen molar-refractivity contribution >= 4 is 11.6 Å². The first-order valence-electron chi connectivity index (χ1n) is 8.47. The predicted octanol–water partition coefficient (Wildman–Crippen LogP) is 2.88. The van der Waals surface area contributed by atoms with Crippen LogP contribution in [0.1, 0.15) is 19.2 Å². The van der Waals surface area contributed by atoms with Gasteiger partial charge < -0.3 is 9.52 Å². The van der Waals surface area contributed by atoms with Gasteiger partial charge in [-0.2, -0.15) is 0 Å². The average molecular weight is 350 g/mol. The minimum absolute atomic E-state index is 0.235. The van der Waals surface area contributed by atoms with Crippen LogP contribution in [0.15, 0.2) is 34.9 Å². The van der Waals surface area contributed by atoms with Gasteiger partial charge in [-0.15, -0.1) is 0 Å². The second-order valence-corrected chi connectivity index (χ2v) is 6.62. The number of oxazole rings is 1. The van der Waals surface area contributed by atoms with Crippen LogP contribution >= 0.6 is 11.6 Å². The van der Waals surface area contributed by atoms with Crippen LogP contribution in [0.5, 0.6) is 0 Å². The molecule has 1 atom stereocenters. The van der Waals surface area contributed by atoms with Crippen LogP contribution in [-0.4, -0.2) is 58.7 Å². The first-order chi connectivity index (χ1) is 11.7. The number of hydrogen-bond acceptors (Lipinski definition) is 5. The minimum Gasteiger partial charge on any atom is -0.439 e. The number of aromatic nitrogens is 1. The van der Waals surface area contributed by atoms with Gasteiger partial charge in [-0.05, 0) is 18.6 Å². The van der Waals surface area contributed by atoms with Crippen LogP contribution in [0.25, 0.3) is 11.3 Å². The molecule has 6 heteroatoms. The lowest BCUT2D eigenvalue weighted by Crippen LogP contribution is -2.50. The van der Waals surface area contributed by atoms with Gasteiger partial charge in [0.25, 0.3) is 0 Å². The summed E-state index contributed by atoms with van der Waals surface area (Å²) in [5.74, 6) is 1.48. The van der Waals surface area contributed by atoms with E-state index < -0.39 is 0 Å². The van der Waals surface area contributed by atoms with Gasteiger partial charge in [-0.1, -0.05) is 30.7 Å². The number of rotatable bonds is 6. The summed E-state index contributed by atoms with van der Waals surface area (Å²) in [6.45, 7) is 6.94. The summed E-state index contributed by atoms with van der Waals surface area (Å²) in [5.41, 5.74) is 0.944. The SMILES string of the molecule is CCC(CO)N1CCN(Cc2ncc(-c3cccc(Cl)c3)o2)CC1. The van der Waals surface area contributed by atoms with E-state index in [1.165, 1.54) is 0 Å². The Bertz CT molecular complexity index is 649. The lowest BCUT2D eigenvalue weighted by Gasteiger charge is -2.37.